The van der Waals surface area contributed by atoms with Crippen molar-refractivity contribution in [3.05, 3.63) is 24.3 Å². The van der Waals surface area contributed by atoms with Crippen molar-refractivity contribution in [2.45, 2.75) is 19.4 Å². The summed E-state index contributed by atoms with van der Waals surface area (Å²) in [7, 11) is 1.76. The molecule has 56 valence electrons. The van der Waals surface area contributed by atoms with Gasteiger partial charge in [-0.3, -0.25) is 0 Å². The SMILES string of the molecule is COC1C=CC=CC(C)C1. The van der Waals surface area contributed by atoms with Crippen LogP contribution in [0.1, 0.15) is 13.3 Å². The zero-order valence-corrected chi connectivity index (χ0v) is 6.58. The van der Waals surface area contributed by atoms with Crippen LogP contribution in [0.5, 0.6) is 0 Å². The normalized spacial score (nSPS) is 32.2. The first-order valence-electron chi connectivity index (χ1n) is 3.70. The van der Waals surface area contributed by atoms with E-state index in [1.54, 1.807) is 7.11 Å². The van der Waals surface area contributed by atoms with Crippen molar-refractivity contribution in [2.24, 2.45) is 5.92 Å². The molecule has 0 bridgehead atoms. The lowest BCUT2D eigenvalue weighted by atomic mass is 10.1. The molecule has 1 rings (SSSR count). The van der Waals surface area contributed by atoms with Gasteiger partial charge in [-0.2, -0.15) is 0 Å². The van der Waals surface area contributed by atoms with Crippen LogP contribution < -0.4 is 0 Å². The third-order valence-electron chi connectivity index (χ3n) is 1.78. The highest BCUT2D eigenvalue weighted by Gasteiger charge is 2.07. The van der Waals surface area contributed by atoms with E-state index in [1.165, 1.54) is 0 Å². The van der Waals surface area contributed by atoms with Gasteiger partial charge >= 0.3 is 0 Å². The molecule has 0 heterocycles. The Balaban J connectivity index is 2.51. The van der Waals surface area contributed by atoms with E-state index in [1.807, 2.05) is 0 Å². The summed E-state index contributed by atoms with van der Waals surface area (Å²) in [6.45, 7) is 2.20. The molecule has 1 nitrogen and oxygen atoms in total. The molecule has 0 aromatic rings. The van der Waals surface area contributed by atoms with Crippen LogP contribution in [0.25, 0.3) is 0 Å². The summed E-state index contributed by atoms with van der Waals surface area (Å²) in [4.78, 5) is 0. The number of ether oxygens (including phenoxy) is 1. The van der Waals surface area contributed by atoms with E-state index in [0.717, 1.165) is 6.42 Å². The summed E-state index contributed by atoms with van der Waals surface area (Å²) in [5.74, 6) is 0.639. The van der Waals surface area contributed by atoms with Gasteiger partial charge in [-0.15, -0.1) is 0 Å². The summed E-state index contributed by atoms with van der Waals surface area (Å²) in [6.07, 6.45) is 9.85. The van der Waals surface area contributed by atoms with Crippen LogP contribution in [0, 0.1) is 5.92 Å². The molecule has 0 aliphatic heterocycles. The Morgan fingerprint density at radius 2 is 2.00 bits per heavy atom. The topological polar surface area (TPSA) is 9.23 Å². The van der Waals surface area contributed by atoms with Crippen LogP contribution >= 0.6 is 0 Å². The van der Waals surface area contributed by atoms with Crippen LogP contribution in [-0.4, -0.2) is 13.2 Å². The number of allylic oxidation sites excluding steroid dienone is 3. The Morgan fingerprint density at radius 1 is 1.30 bits per heavy atom. The number of rotatable bonds is 1. The Bertz CT molecular complexity index is 147. The average Bonchev–Trinajstić information content (AvgIpc) is 2.13. The molecule has 0 saturated carbocycles. The zero-order valence-electron chi connectivity index (χ0n) is 6.58. The van der Waals surface area contributed by atoms with Gasteiger partial charge in [0.25, 0.3) is 0 Å². The Labute approximate surface area is 62.4 Å². The highest BCUT2D eigenvalue weighted by molar-refractivity contribution is 5.10. The number of hydrogen-bond donors (Lipinski definition) is 0. The Morgan fingerprint density at radius 3 is 2.70 bits per heavy atom. The monoisotopic (exact) mass is 138 g/mol. The second kappa shape index (κ2) is 3.57. The van der Waals surface area contributed by atoms with Gasteiger partial charge < -0.3 is 4.74 Å². The number of methoxy groups -OCH3 is 1. The largest absolute Gasteiger partial charge is 0.377 e. The average molecular weight is 138 g/mol. The first-order chi connectivity index (χ1) is 4.83. The van der Waals surface area contributed by atoms with E-state index in [0.29, 0.717) is 12.0 Å². The van der Waals surface area contributed by atoms with Crippen LogP contribution in [-0.2, 0) is 4.74 Å². The highest BCUT2D eigenvalue weighted by atomic mass is 16.5. The summed E-state index contributed by atoms with van der Waals surface area (Å²) in [5, 5.41) is 0. The smallest absolute Gasteiger partial charge is 0.0760 e. The Hall–Kier alpha value is -0.560. The van der Waals surface area contributed by atoms with Crippen molar-refractivity contribution in [1.29, 1.82) is 0 Å². The van der Waals surface area contributed by atoms with E-state index in [9.17, 15) is 0 Å². The summed E-state index contributed by atoms with van der Waals surface area (Å²) >= 11 is 0. The lowest BCUT2D eigenvalue weighted by Crippen LogP contribution is -2.09. The predicted octanol–water partition coefficient (Wildman–Crippen LogP) is 2.15. The molecule has 0 amide bonds. The van der Waals surface area contributed by atoms with Crippen LogP contribution in [0.3, 0.4) is 0 Å². The van der Waals surface area contributed by atoms with Crippen molar-refractivity contribution in [3.8, 4) is 0 Å². The lowest BCUT2D eigenvalue weighted by Gasteiger charge is -2.11. The molecule has 2 unspecified atom stereocenters. The van der Waals surface area contributed by atoms with E-state index in [2.05, 4.69) is 31.2 Å². The van der Waals surface area contributed by atoms with Gasteiger partial charge in [0.1, 0.15) is 0 Å². The second-order valence-corrected chi connectivity index (χ2v) is 2.76. The van der Waals surface area contributed by atoms with Gasteiger partial charge in [-0.25, -0.2) is 0 Å². The maximum absolute atomic E-state index is 5.21. The van der Waals surface area contributed by atoms with Crippen LogP contribution in [0.2, 0.25) is 0 Å². The minimum Gasteiger partial charge on any atom is -0.377 e. The highest BCUT2D eigenvalue weighted by Crippen LogP contribution is 2.13. The lowest BCUT2D eigenvalue weighted by molar-refractivity contribution is 0.126. The predicted molar refractivity (Wildman–Crippen MR) is 42.9 cm³/mol. The molecular formula is C9H14O. The van der Waals surface area contributed by atoms with Crippen LogP contribution in [0.15, 0.2) is 24.3 Å². The van der Waals surface area contributed by atoms with E-state index in [-0.39, 0.29) is 0 Å². The second-order valence-electron chi connectivity index (χ2n) is 2.76. The van der Waals surface area contributed by atoms with E-state index < -0.39 is 0 Å². The van der Waals surface area contributed by atoms with Crippen molar-refractivity contribution in [3.63, 3.8) is 0 Å². The molecule has 0 saturated heterocycles. The van der Waals surface area contributed by atoms with E-state index >= 15 is 0 Å². The van der Waals surface area contributed by atoms with Gasteiger partial charge in [0.15, 0.2) is 0 Å². The molecule has 0 N–H and O–H groups in total. The van der Waals surface area contributed by atoms with Gasteiger partial charge in [-0.05, 0) is 12.3 Å². The molecule has 1 aliphatic rings. The van der Waals surface area contributed by atoms with Crippen LogP contribution in [0.4, 0.5) is 0 Å². The third-order valence-corrected chi connectivity index (χ3v) is 1.78. The van der Waals surface area contributed by atoms with Gasteiger partial charge in [0, 0.05) is 7.11 Å². The zero-order chi connectivity index (χ0) is 7.40. The van der Waals surface area contributed by atoms with Crippen molar-refractivity contribution >= 4 is 0 Å². The molecule has 2 atom stereocenters. The van der Waals surface area contributed by atoms with E-state index in [4.69, 9.17) is 4.74 Å². The standard InChI is InChI=1S/C9H14O/c1-8-5-3-4-6-9(7-8)10-2/h3-6,8-9H,7H2,1-2H3. The number of hydrogen-bond acceptors (Lipinski definition) is 1. The maximum Gasteiger partial charge on any atom is 0.0760 e. The summed E-state index contributed by atoms with van der Waals surface area (Å²) in [5.41, 5.74) is 0. The first-order valence-corrected chi connectivity index (χ1v) is 3.70. The molecule has 0 spiro atoms. The minimum absolute atomic E-state index is 0.310. The van der Waals surface area contributed by atoms with Gasteiger partial charge in [-0.1, -0.05) is 31.2 Å². The molecule has 1 heteroatoms. The fourth-order valence-electron chi connectivity index (χ4n) is 1.14. The van der Waals surface area contributed by atoms with Crippen molar-refractivity contribution in [1.82, 2.24) is 0 Å². The molecule has 1 aliphatic carbocycles. The third kappa shape index (κ3) is 1.99. The quantitative estimate of drug-likeness (QED) is 0.539. The molecule has 0 fully saturated rings. The Kier molecular flexibility index (Phi) is 2.69. The van der Waals surface area contributed by atoms with Crippen molar-refractivity contribution < 1.29 is 4.74 Å². The molecular weight excluding hydrogens is 124 g/mol. The molecule has 0 radical (unpaired) electrons. The molecule has 0 aromatic carbocycles. The summed E-state index contributed by atoms with van der Waals surface area (Å²) in [6, 6.07) is 0. The maximum atomic E-state index is 5.21. The van der Waals surface area contributed by atoms with Crippen molar-refractivity contribution in [2.75, 3.05) is 7.11 Å². The fraction of sp³-hybridized carbons (Fsp3) is 0.556. The molecule has 10 heavy (non-hydrogen) atoms. The van der Waals surface area contributed by atoms with Gasteiger partial charge in [0.05, 0.1) is 6.10 Å². The molecule has 0 aromatic heterocycles. The van der Waals surface area contributed by atoms with Gasteiger partial charge in [0.2, 0.25) is 0 Å². The summed E-state index contributed by atoms with van der Waals surface area (Å²) < 4.78 is 5.21. The fourth-order valence-corrected chi connectivity index (χ4v) is 1.14. The minimum atomic E-state index is 0.310. The first kappa shape index (κ1) is 7.55.